The van der Waals surface area contributed by atoms with Crippen molar-refractivity contribution in [3.8, 4) is 0 Å². The number of carbonyl (C=O) groups excluding carboxylic acids is 1. The summed E-state index contributed by atoms with van der Waals surface area (Å²) in [6, 6.07) is 5.05. The van der Waals surface area contributed by atoms with Crippen LogP contribution in [0.1, 0.15) is 33.4 Å². The summed E-state index contributed by atoms with van der Waals surface area (Å²) in [5.74, 6) is -0.0417. The molecule has 1 aliphatic rings. The van der Waals surface area contributed by atoms with Crippen molar-refractivity contribution in [1.82, 2.24) is 24.3 Å². The van der Waals surface area contributed by atoms with Gasteiger partial charge in [0.2, 0.25) is 0 Å². The van der Waals surface area contributed by atoms with Crippen LogP contribution in [0, 0.1) is 0 Å². The Balaban J connectivity index is 1.54. The van der Waals surface area contributed by atoms with E-state index in [0.717, 1.165) is 6.07 Å². The number of halogens is 4. The zero-order chi connectivity index (χ0) is 23.5. The van der Waals surface area contributed by atoms with E-state index >= 15 is 0 Å². The van der Waals surface area contributed by atoms with E-state index in [0.29, 0.717) is 38.0 Å². The van der Waals surface area contributed by atoms with E-state index in [4.69, 9.17) is 10.5 Å². The third-order valence-electron chi connectivity index (χ3n) is 5.66. The SMILES string of the molecule is CN(C(=O)c1cc2c(cc1Br)nc(N)c1cncn12)C1COCc2nc(C(F)(F)F)ccc21. The van der Waals surface area contributed by atoms with Crippen LogP contribution in [0.25, 0.3) is 16.6 Å². The first-order valence-corrected chi connectivity index (χ1v) is 10.6. The first-order valence-electron chi connectivity index (χ1n) is 9.78. The smallest absolute Gasteiger partial charge is 0.382 e. The number of fused-ring (bicyclic) bond motifs is 4. The van der Waals surface area contributed by atoms with Crippen LogP contribution in [-0.4, -0.2) is 43.8 Å². The average Bonchev–Trinajstić information content (AvgIpc) is 3.27. The van der Waals surface area contributed by atoms with E-state index < -0.39 is 17.9 Å². The maximum atomic E-state index is 13.5. The molecule has 2 N–H and O–H groups in total. The van der Waals surface area contributed by atoms with Gasteiger partial charge in [-0.25, -0.2) is 15.0 Å². The van der Waals surface area contributed by atoms with Gasteiger partial charge in [0.25, 0.3) is 5.91 Å². The number of carbonyl (C=O) groups is 1. The van der Waals surface area contributed by atoms with E-state index in [9.17, 15) is 18.0 Å². The number of anilines is 1. The minimum Gasteiger partial charge on any atom is -0.382 e. The highest BCUT2D eigenvalue weighted by molar-refractivity contribution is 9.10. The molecule has 8 nitrogen and oxygen atoms in total. The maximum absolute atomic E-state index is 13.5. The van der Waals surface area contributed by atoms with Gasteiger partial charge in [-0.05, 0) is 34.1 Å². The van der Waals surface area contributed by atoms with Crippen LogP contribution >= 0.6 is 15.9 Å². The van der Waals surface area contributed by atoms with Crippen LogP contribution in [0.15, 0.2) is 41.3 Å². The molecule has 1 aromatic carbocycles. The average molecular weight is 521 g/mol. The number of aromatic nitrogens is 4. The zero-order valence-corrected chi connectivity index (χ0v) is 18.7. The molecule has 3 aromatic heterocycles. The van der Waals surface area contributed by atoms with Gasteiger partial charge in [0.1, 0.15) is 17.0 Å². The molecule has 0 bridgehead atoms. The number of nitrogen functional groups attached to an aromatic ring is 1. The Morgan fingerprint density at radius 1 is 1.27 bits per heavy atom. The molecule has 0 fully saturated rings. The molecule has 0 aliphatic carbocycles. The Bertz CT molecular complexity index is 1420. The highest BCUT2D eigenvalue weighted by Crippen LogP contribution is 2.34. The van der Waals surface area contributed by atoms with Crippen LogP contribution in [0.4, 0.5) is 19.0 Å². The highest BCUT2D eigenvalue weighted by Gasteiger charge is 2.36. The van der Waals surface area contributed by atoms with Crippen molar-refractivity contribution in [2.24, 2.45) is 0 Å². The molecular formula is C21H16BrF3N6O2. The second-order valence-corrected chi connectivity index (χ2v) is 8.50. The van der Waals surface area contributed by atoms with Gasteiger partial charge in [0, 0.05) is 17.1 Å². The molecule has 4 heterocycles. The van der Waals surface area contributed by atoms with Crippen molar-refractivity contribution in [2.75, 3.05) is 19.4 Å². The quantitative estimate of drug-likeness (QED) is 0.429. The Labute approximate surface area is 193 Å². The lowest BCUT2D eigenvalue weighted by Crippen LogP contribution is -2.37. The number of hydrogen-bond donors (Lipinski definition) is 1. The van der Waals surface area contributed by atoms with Gasteiger partial charge in [-0.3, -0.25) is 9.20 Å². The Morgan fingerprint density at radius 3 is 2.82 bits per heavy atom. The topological polar surface area (TPSA) is 98.6 Å². The Kier molecular flexibility index (Phi) is 5.01. The highest BCUT2D eigenvalue weighted by atomic mass is 79.9. The van der Waals surface area contributed by atoms with Crippen LogP contribution in [0.5, 0.6) is 0 Å². The summed E-state index contributed by atoms with van der Waals surface area (Å²) in [5, 5.41) is 0. The number of rotatable bonds is 2. The van der Waals surface area contributed by atoms with Crippen LogP contribution < -0.4 is 5.73 Å². The van der Waals surface area contributed by atoms with Gasteiger partial charge in [-0.1, -0.05) is 6.07 Å². The largest absolute Gasteiger partial charge is 0.433 e. The molecule has 12 heteroatoms. The number of alkyl halides is 3. The van der Waals surface area contributed by atoms with Gasteiger partial charge >= 0.3 is 6.18 Å². The van der Waals surface area contributed by atoms with Gasteiger partial charge < -0.3 is 15.4 Å². The second kappa shape index (κ2) is 7.66. The van der Waals surface area contributed by atoms with Crippen molar-refractivity contribution in [2.45, 2.75) is 18.8 Å². The number of amides is 1. The fraction of sp³-hybridized carbons (Fsp3) is 0.238. The molecule has 1 unspecified atom stereocenters. The number of hydrogen-bond acceptors (Lipinski definition) is 6. The molecule has 1 atom stereocenters. The summed E-state index contributed by atoms with van der Waals surface area (Å²) in [6.45, 7) is 0.0838. The number of ether oxygens (including phenoxy) is 1. The first-order chi connectivity index (χ1) is 15.6. The standard InChI is InChI=1S/C21H16BrF3N6O2/c1-30(17-8-33-7-14-10(17)2-3-18(28-14)21(23,24)25)20(32)11-4-15-13(5-12(11)22)29-19(26)16-6-27-9-31(15)16/h2-6,9,17H,7-8H2,1H3,(H2,26,29). The first kappa shape index (κ1) is 21.6. The van der Waals surface area contributed by atoms with Crippen molar-refractivity contribution in [3.63, 3.8) is 0 Å². The van der Waals surface area contributed by atoms with Crippen molar-refractivity contribution < 1.29 is 22.7 Å². The van der Waals surface area contributed by atoms with Crippen molar-refractivity contribution in [3.05, 3.63) is 63.8 Å². The molecule has 0 saturated carbocycles. The molecule has 0 radical (unpaired) electrons. The minimum atomic E-state index is -4.56. The van der Waals surface area contributed by atoms with Gasteiger partial charge in [-0.15, -0.1) is 0 Å². The number of nitrogens with two attached hydrogens (primary N) is 1. The molecule has 0 saturated heterocycles. The predicted octanol–water partition coefficient (Wildman–Crippen LogP) is 3.98. The van der Waals surface area contributed by atoms with Crippen molar-refractivity contribution in [1.29, 1.82) is 0 Å². The van der Waals surface area contributed by atoms with Gasteiger partial charge in [-0.2, -0.15) is 13.2 Å². The lowest BCUT2D eigenvalue weighted by molar-refractivity contribution is -0.141. The Hall–Kier alpha value is -3.25. The van der Waals surface area contributed by atoms with Gasteiger partial charge in [0.05, 0.1) is 54.1 Å². The van der Waals surface area contributed by atoms with E-state index in [1.165, 1.54) is 11.0 Å². The van der Waals surface area contributed by atoms with E-state index in [1.807, 2.05) is 0 Å². The lowest BCUT2D eigenvalue weighted by Gasteiger charge is -2.33. The fourth-order valence-electron chi connectivity index (χ4n) is 3.96. The minimum absolute atomic E-state index is 0.0524. The normalized spacial score (nSPS) is 16.2. The van der Waals surface area contributed by atoms with Crippen molar-refractivity contribution >= 4 is 44.2 Å². The predicted molar refractivity (Wildman–Crippen MR) is 116 cm³/mol. The fourth-order valence-corrected chi connectivity index (χ4v) is 4.46. The van der Waals surface area contributed by atoms with E-state index in [-0.39, 0.29) is 24.8 Å². The molecule has 170 valence electrons. The molecule has 0 spiro atoms. The number of nitrogens with zero attached hydrogens (tertiary/aromatic N) is 5. The summed E-state index contributed by atoms with van der Waals surface area (Å²) < 4.78 is 46.9. The molecular weight excluding hydrogens is 505 g/mol. The number of benzene rings is 1. The molecule has 33 heavy (non-hydrogen) atoms. The monoisotopic (exact) mass is 520 g/mol. The van der Waals surface area contributed by atoms with Crippen LogP contribution in [0.3, 0.4) is 0 Å². The zero-order valence-electron chi connectivity index (χ0n) is 17.1. The summed E-state index contributed by atoms with van der Waals surface area (Å²) in [5.41, 5.74) is 7.84. The van der Waals surface area contributed by atoms with Crippen LogP contribution in [0.2, 0.25) is 0 Å². The summed E-state index contributed by atoms with van der Waals surface area (Å²) in [6.07, 6.45) is -1.40. The summed E-state index contributed by atoms with van der Waals surface area (Å²) in [4.78, 5) is 27.1. The number of pyridine rings is 1. The summed E-state index contributed by atoms with van der Waals surface area (Å²) >= 11 is 3.43. The molecule has 4 aromatic rings. The second-order valence-electron chi connectivity index (χ2n) is 7.64. The third-order valence-corrected chi connectivity index (χ3v) is 6.31. The van der Waals surface area contributed by atoms with E-state index in [2.05, 4.69) is 30.9 Å². The summed E-state index contributed by atoms with van der Waals surface area (Å²) in [7, 11) is 1.58. The van der Waals surface area contributed by atoms with Gasteiger partial charge in [0.15, 0.2) is 0 Å². The van der Waals surface area contributed by atoms with Crippen LogP contribution in [-0.2, 0) is 17.5 Å². The molecule has 1 aliphatic heterocycles. The van der Waals surface area contributed by atoms with E-state index in [1.54, 1.807) is 36.1 Å². The molecule has 5 rings (SSSR count). The number of likely N-dealkylation sites (N-methyl/N-ethyl adjacent to an activating group) is 1. The third kappa shape index (κ3) is 3.59. The number of imidazole rings is 1. The maximum Gasteiger partial charge on any atom is 0.433 e. The molecule has 1 amide bonds. The Morgan fingerprint density at radius 2 is 2.06 bits per heavy atom. The lowest BCUT2D eigenvalue weighted by atomic mass is 10.0.